The summed E-state index contributed by atoms with van der Waals surface area (Å²) in [5.41, 5.74) is 0.105. The fourth-order valence-electron chi connectivity index (χ4n) is 4.44. The number of furan rings is 1. The molecule has 0 unspecified atom stereocenters. The van der Waals surface area contributed by atoms with Crippen LogP contribution in [0.25, 0.3) is 11.4 Å². The Balaban J connectivity index is 1.19. The van der Waals surface area contributed by atoms with Crippen molar-refractivity contribution in [2.75, 3.05) is 39.3 Å². The van der Waals surface area contributed by atoms with Gasteiger partial charge >= 0.3 is 6.09 Å². The number of halogens is 1. The maximum atomic E-state index is 14.7. The van der Waals surface area contributed by atoms with Gasteiger partial charge in [-0.05, 0) is 57.5 Å². The van der Waals surface area contributed by atoms with Crippen molar-refractivity contribution in [2.24, 2.45) is 0 Å². The quantitative estimate of drug-likeness (QED) is 0.291. The lowest BCUT2D eigenvalue weighted by atomic mass is 10.2. The molecule has 41 heavy (non-hydrogen) atoms. The van der Waals surface area contributed by atoms with Gasteiger partial charge in [0.05, 0.1) is 18.4 Å². The van der Waals surface area contributed by atoms with Crippen molar-refractivity contribution in [2.45, 2.75) is 38.8 Å². The summed E-state index contributed by atoms with van der Waals surface area (Å²) in [6, 6.07) is 6.08. The molecule has 1 saturated heterocycles. The van der Waals surface area contributed by atoms with Crippen LogP contribution in [0.2, 0.25) is 0 Å². The molecule has 0 bridgehead atoms. The van der Waals surface area contributed by atoms with Crippen molar-refractivity contribution in [3.05, 3.63) is 54.1 Å². The molecule has 0 spiro atoms. The lowest BCUT2D eigenvalue weighted by Crippen LogP contribution is -2.48. The zero-order chi connectivity index (χ0) is 29.4. The second-order valence-corrected chi connectivity index (χ2v) is 9.66. The number of carbonyl (C=O) groups is 3. The molecule has 0 aliphatic carbocycles. The second kappa shape index (κ2) is 13.7. The summed E-state index contributed by atoms with van der Waals surface area (Å²) in [4.78, 5) is 43.9. The van der Waals surface area contributed by atoms with E-state index in [1.54, 1.807) is 30.0 Å². The normalized spacial score (nSPS) is 15.5. The highest BCUT2D eigenvalue weighted by Gasteiger charge is 2.25. The molecule has 3 N–H and O–H groups in total. The van der Waals surface area contributed by atoms with Crippen molar-refractivity contribution in [3.8, 4) is 17.1 Å². The molecule has 4 rings (SSSR count). The van der Waals surface area contributed by atoms with Crippen LogP contribution in [0.1, 0.15) is 49.2 Å². The molecular formula is C27H33FN6O7. The number of benzene rings is 1. The maximum Gasteiger partial charge on any atom is 0.405 e. The molecule has 13 nitrogen and oxygen atoms in total. The molecule has 1 aliphatic heterocycles. The number of rotatable bonds is 11. The number of carbonyl (C=O) groups excluding carboxylic acids is 2. The molecule has 1 aromatic carbocycles. The number of hydrogen-bond acceptors (Lipinski definition) is 9. The molecule has 3 heterocycles. The van der Waals surface area contributed by atoms with Gasteiger partial charge in [-0.25, -0.2) is 9.18 Å². The molecule has 2 atom stereocenters. The van der Waals surface area contributed by atoms with Crippen molar-refractivity contribution in [1.29, 1.82) is 0 Å². The SMILES string of the molecule is C[C@H](NC(=O)O)c1nc(-c2ccc(OCCCN3CCCN(C(=O)[C@@H](C)NC(=O)c4ccco4)CC3)cc2F)no1. The number of nitrogens with one attached hydrogen (secondary N) is 2. The summed E-state index contributed by atoms with van der Waals surface area (Å²) in [7, 11) is 0. The fraction of sp³-hybridized carbons (Fsp3) is 0.444. The summed E-state index contributed by atoms with van der Waals surface area (Å²) in [6.45, 7) is 7.01. The predicted octanol–water partition coefficient (Wildman–Crippen LogP) is 2.92. The first-order valence-electron chi connectivity index (χ1n) is 13.3. The Kier molecular flexibility index (Phi) is 9.90. The lowest BCUT2D eigenvalue weighted by Gasteiger charge is -2.25. The Morgan fingerprint density at radius 1 is 1.15 bits per heavy atom. The monoisotopic (exact) mass is 572 g/mol. The third-order valence-electron chi connectivity index (χ3n) is 6.58. The van der Waals surface area contributed by atoms with Crippen LogP contribution < -0.4 is 15.4 Å². The fourth-order valence-corrected chi connectivity index (χ4v) is 4.44. The average Bonchev–Trinajstić information content (AvgIpc) is 3.60. The van der Waals surface area contributed by atoms with E-state index in [9.17, 15) is 18.8 Å². The van der Waals surface area contributed by atoms with Crippen LogP contribution in [0.15, 0.2) is 45.5 Å². The predicted molar refractivity (Wildman–Crippen MR) is 143 cm³/mol. The summed E-state index contributed by atoms with van der Waals surface area (Å²) >= 11 is 0. The van der Waals surface area contributed by atoms with Gasteiger partial charge in [0.2, 0.25) is 17.6 Å². The third-order valence-corrected chi connectivity index (χ3v) is 6.58. The Hall–Kier alpha value is -4.46. The first-order chi connectivity index (χ1) is 19.7. The largest absolute Gasteiger partial charge is 0.493 e. The number of nitrogens with zero attached hydrogens (tertiary/aromatic N) is 4. The highest BCUT2D eigenvalue weighted by Crippen LogP contribution is 2.25. The van der Waals surface area contributed by atoms with Crippen molar-refractivity contribution in [3.63, 3.8) is 0 Å². The smallest absolute Gasteiger partial charge is 0.405 e. The van der Waals surface area contributed by atoms with Gasteiger partial charge in [0.25, 0.3) is 5.91 Å². The van der Waals surface area contributed by atoms with E-state index in [1.165, 1.54) is 25.3 Å². The van der Waals surface area contributed by atoms with E-state index in [0.29, 0.717) is 38.4 Å². The molecule has 1 aliphatic rings. The first-order valence-corrected chi connectivity index (χ1v) is 13.3. The summed E-state index contributed by atoms with van der Waals surface area (Å²) < 4.78 is 30.6. The van der Waals surface area contributed by atoms with Gasteiger partial charge in [-0.15, -0.1) is 0 Å². The Bertz CT molecular complexity index is 1330. The number of hydrogen-bond donors (Lipinski definition) is 3. The minimum atomic E-state index is -1.24. The van der Waals surface area contributed by atoms with Crippen LogP contribution in [-0.4, -0.2) is 88.3 Å². The van der Waals surface area contributed by atoms with Gasteiger partial charge in [0.15, 0.2) is 5.76 Å². The van der Waals surface area contributed by atoms with E-state index in [1.807, 2.05) is 0 Å². The minimum Gasteiger partial charge on any atom is -0.493 e. The topological polar surface area (TPSA) is 163 Å². The summed E-state index contributed by atoms with van der Waals surface area (Å²) in [5, 5.41) is 17.4. The zero-order valence-corrected chi connectivity index (χ0v) is 22.8. The van der Waals surface area contributed by atoms with Gasteiger partial charge < -0.3 is 39.2 Å². The Morgan fingerprint density at radius 3 is 2.71 bits per heavy atom. The van der Waals surface area contributed by atoms with Crippen LogP contribution in [0.3, 0.4) is 0 Å². The van der Waals surface area contributed by atoms with E-state index in [0.717, 1.165) is 19.5 Å². The van der Waals surface area contributed by atoms with Crippen molar-refractivity contribution >= 4 is 17.9 Å². The van der Waals surface area contributed by atoms with Crippen LogP contribution in [0.4, 0.5) is 9.18 Å². The first kappa shape index (κ1) is 29.5. The van der Waals surface area contributed by atoms with Crippen LogP contribution in [0, 0.1) is 5.82 Å². The van der Waals surface area contributed by atoms with E-state index >= 15 is 0 Å². The molecule has 1 fully saturated rings. The minimum absolute atomic E-state index is 0.00563. The maximum absolute atomic E-state index is 14.7. The van der Waals surface area contributed by atoms with E-state index in [-0.39, 0.29) is 28.9 Å². The molecular weight excluding hydrogens is 539 g/mol. The van der Waals surface area contributed by atoms with Gasteiger partial charge in [0.1, 0.15) is 23.7 Å². The van der Waals surface area contributed by atoms with Gasteiger partial charge in [-0.3, -0.25) is 9.59 Å². The molecule has 0 radical (unpaired) electrons. The number of aromatic nitrogens is 2. The standard InChI is InChI=1S/C27H33FN6O7/c1-17(30-27(37)38)25-31-23(32-41-25)20-8-7-19(16-21(20)28)39-15-5-10-33-9-4-11-34(13-12-33)26(36)18(2)29-24(35)22-6-3-14-40-22/h3,6-8,14,16-18,30H,4-5,9-13,15H2,1-2H3,(H,29,35)(H,37,38)/t17-,18+/m0/s1. The Labute approximate surface area is 235 Å². The third kappa shape index (κ3) is 8.03. The van der Waals surface area contributed by atoms with Crippen LogP contribution >= 0.6 is 0 Å². The second-order valence-electron chi connectivity index (χ2n) is 9.66. The highest BCUT2D eigenvalue weighted by atomic mass is 19.1. The molecule has 3 aromatic rings. The molecule has 3 amide bonds. The number of ether oxygens (including phenoxy) is 1. The molecule has 2 aromatic heterocycles. The number of amides is 3. The Morgan fingerprint density at radius 2 is 1.98 bits per heavy atom. The van der Waals surface area contributed by atoms with Crippen molar-refractivity contribution < 1.29 is 37.6 Å². The van der Waals surface area contributed by atoms with Crippen molar-refractivity contribution in [1.82, 2.24) is 30.6 Å². The van der Waals surface area contributed by atoms with Gasteiger partial charge in [-0.1, -0.05) is 5.16 Å². The summed E-state index contributed by atoms with van der Waals surface area (Å²) in [5.74, 6) is -0.610. The van der Waals surface area contributed by atoms with E-state index < -0.39 is 29.9 Å². The van der Waals surface area contributed by atoms with Crippen LogP contribution in [0.5, 0.6) is 5.75 Å². The molecule has 220 valence electrons. The zero-order valence-electron chi connectivity index (χ0n) is 22.8. The highest BCUT2D eigenvalue weighted by molar-refractivity contribution is 5.95. The summed E-state index contributed by atoms with van der Waals surface area (Å²) in [6.07, 6.45) is 1.68. The van der Waals surface area contributed by atoms with Gasteiger partial charge in [0, 0.05) is 32.2 Å². The average molecular weight is 573 g/mol. The lowest BCUT2D eigenvalue weighted by molar-refractivity contribution is -0.132. The molecule has 0 saturated carbocycles. The molecule has 14 heteroatoms. The number of carboxylic acid groups (broad SMARTS) is 1. The van der Waals surface area contributed by atoms with Crippen LogP contribution in [-0.2, 0) is 4.79 Å². The van der Waals surface area contributed by atoms with Gasteiger partial charge in [-0.2, -0.15) is 4.98 Å². The van der Waals surface area contributed by atoms with E-state index in [4.69, 9.17) is 18.8 Å². The van der Waals surface area contributed by atoms with E-state index in [2.05, 4.69) is 25.7 Å².